The molecule has 102 valence electrons. The van der Waals surface area contributed by atoms with Gasteiger partial charge in [-0.15, -0.1) is 11.3 Å². The van der Waals surface area contributed by atoms with Gasteiger partial charge in [0.15, 0.2) is 0 Å². The highest BCUT2D eigenvalue weighted by atomic mass is 79.9. The maximum Gasteiger partial charge on any atom is 0.241 e. The number of hydrogen-bond donors (Lipinski definition) is 2. The number of aryl methyl sites for hydroxylation is 1. The van der Waals surface area contributed by atoms with Crippen LogP contribution in [0.3, 0.4) is 0 Å². The molecule has 0 aliphatic rings. The summed E-state index contributed by atoms with van der Waals surface area (Å²) in [5, 5.41) is 0.881. The highest BCUT2D eigenvalue weighted by Crippen LogP contribution is 2.33. The molecular formula is C13H11BrN4OS. The smallest absolute Gasteiger partial charge is 0.241 e. The van der Waals surface area contributed by atoms with Crippen LogP contribution >= 0.6 is 27.3 Å². The van der Waals surface area contributed by atoms with Gasteiger partial charge in [-0.05, 0) is 31.2 Å². The Labute approximate surface area is 127 Å². The molecule has 3 aromatic rings. The normalized spacial score (nSPS) is 10.8. The number of hydrazine groups is 1. The van der Waals surface area contributed by atoms with Gasteiger partial charge < -0.3 is 4.74 Å². The molecule has 0 saturated heterocycles. The third-order valence-corrected chi connectivity index (χ3v) is 4.06. The molecule has 0 radical (unpaired) electrons. The van der Waals surface area contributed by atoms with Gasteiger partial charge in [0.25, 0.3) is 0 Å². The number of nitrogens with two attached hydrogens (primary N) is 1. The fourth-order valence-electron chi connectivity index (χ4n) is 1.80. The number of hydrogen-bond acceptors (Lipinski definition) is 6. The minimum absolute atomic E-state index is 0.337. The zero-order valence-electron chi connectivity index (χ0n) is 10.6. The van der Waals surface area contributed by atoms with E-state index in [0.29, 0.717) is 17.6 Å². The molecule has 0 amide bonds. The first-order chi connectivity index (χ1) is 9.65. The average Bonchev–Trinajstić information content (AvgIpc) is 2.79. The molecule has 0 bridgehead atoms. The summed E-state index contributed by atoms with van der Waals surface area (Å²) < 4.78 is 6.80. The molecule has 0 unspecified atom stereocenters. The zero-order valence-corrected chi connectivity index (χ0v) is 13.0. The predicted octanol–water partition coefficient (Wildman–Crippen LogP) is 3.84. The Morgan fingerprint density at radius 3 is 2.90 bits per heavy atom. The van der Waals surface area contributed by atoms with Crippen molar-refractivity contribution in [2.75, 3.05) is 5.43 Å². The third kappa shape index (κ3) is 2.60. The molecule has 0 fully saturated rings. The van der Waals surface area contributed by atoms with Crippen molar-refractivity contribution >= 4 is 43.4 Å². The quantitative estimate of drug-likeness (QED) is 0.554. The van der Waals surface area contributed by atoms with Gasteiger partial charge in [-0.2, -0.15) is 4.98 Å². The summed E-state index contributed by atoms with van der Waals surface area (Å²) in [6, 6.07) is 9.59. The maximum atomic E-state index is 5.86. The minimum Gasteiger partial charge on any atom is -0.438 e. The summed E-state index contributed by atoms with van der Waals surface area (Å²) in [5.41, 5.74) is 2.46. The highest BCUT2D eigenvalue weighted by molar-refractivity contribution is 9.10. The second-order valence-electron chi connectivity index (χ2n) is 4.13. The molecule has 3 N–H and O–H groups in total. The lowest BCUT2D eigenvalue weighted by Gasteiger charge is -2.07. The van der Waals surface area contributed by atoms with Crippen molar-refractivity contribution in [3.05, 3.63) is 39.7 Å². The summed E-state index contributed by atoms with van der Waals surface area (Å²) in [6.45, 7) is 2.02. The lowest BCUT2D eigenvalue weighted by molar-refractivity contribution is 0.469. The number of thiophene rings is 1. The summed E-state index contributed by atoms with van der Waals surface area (Å²) in [7, 11) is 0. The van der Waals surface area contributed by atoms with Crippen molar-refractivity contribution in [2.45, 2.75) is 6.92 Å². The molecule has 1 aromatic carbocycles. The molecule has 0 atom stereocenters. The molecule has 2 aromatic heterocycles. The van der Waals surface area contributed by atoms with Crippen LogP contribution in [0.15, 0.2) is 34.8 Å². The van der Waals surface area contributed by atoms with Crippen molar-refractivity contribution in [1.82, 2.24) is 9.97 Å². The molecule has 0 aliphatic carbocycles. The first-order valence-corrected chi connectivity index (χ1v) is 7.45. The molecule has 0 saturated carbocycles. The Hall–Kier alpha value is -1.70. The van der Waals surface area contributed by atoms with Gasteiger partial charge in [-0.25, -0.2) is 10.8 Å². The number of rotatable bonds is 3. The summed E-state index contributed by atoms with van der Waals surface area (Å²) in [5.74, 6) is 6.93. The first kappa shape index (κ1) is 13.3. The van der Waals surface area contributed by atoms with Gasteiger partial charge in [-0.3, -0.25) is 5.43 Å². The Morgan fingerprint density at radius 1 is 1.30 bits per heavy atom. The van der Waals surface area contributed by atoms with Crippen LogP contribution in [-0.4, -0.2) is 9.97 Å². The van der Waals surface area contributed by atoms with Crippen molar-refractivity contribution in [1.29, 1.82) is 0 Å². The minimum atomic E-state index is 0.337. The number of nitrogens with zero attached hydrogens (tertiary/aromatic N) is 2. The van der Waals surface area contributed by atoms with E-state index in [0.717, 1.165) is 19.6 Å². The Morgan fingerprint density at radius 2 is 2.15 bits per heavy atom. The van der Waals surface area contributed by atoms with Crippen molar-refractivity contribution in [3.63, 3.8) is 0 Å². The summed E-state index contributed by atoms with van der Waals surface area (Å²) >= 11 is 4.99. The molecule has 2 heterocycles. The van der Waals surface area contributed by atoms with Crippen LogP contribution in [0.2, 0.25) is 0 Å². The number of nitrogen functional groups attached to an aromatic ring is 1. The van der Waals surface area contributed by atoms with Gasteiger partial charge in [-0.1, -0.05) is 22.0 Å². The highest BCUT2D eigenvalue weighted by Gasteiger charge is 2.12. The third-order valence-electron chi connectivity index (χ3n) is 2.62. The summed E-state index contributed by atoms with van der Waals surface area (Å²) in [4.78, 5) is 10.6. The van der Waals surface area contributed by atoms with E-state index in [1.54, 1.807) is 11.3 Å². The van der Waals surface area contributed by atoms with Crippen LogP contribution in [0.1, 0.15) is 4.88 Å². The van der Waals surface area contributed by atoms with Crippen molar-refractivity contribution in [3.8, 4) is 11.6 Å². The van der Waals surface area contributed by atoms with E-state index < -0.39 is 0 Å². The van der Waals surface area contributed by atoms with E-state index in [-0.39, 0.29) is 0 Å². The Kier molecular flexibility index (Phi) is 3.56. The van der Waals surface area contributed by atoms with Gasteiger partial charge in [0.05, 0.1) is 5.39 Å². The number of halogens is 1. The lowest BCUT2D eigenvalue weighted by atomic mass is 10.3. The van der Waals surface area contributed by atoms with Gasteiger partial charge in [0.2, 0.25) is 11.8 Å². The van der Waals surface area contributed by atoms with Crippen LogP contribution in [0, 0.1) is 6.92 Å². The van der Waals surface area contributed by atoms with E-state index in [2.05, 4.69) is 31.3 Å². The van der Waals surface area contributed by atoms with Crippen LogP contribution in [0.5, 0.6) is 11.6 Å². The standard InChI is InChI=1S/C13H11BrN4OS/c1-7-5-10-11(16-13(18-15)17-12(10)20-7)19-9-4-2-3-8(14)6-9/h2-6H,15H2,1H3,(H,16,17,18). The second-order valence-corrected chi connectivity index (χ2v) is 6.28. The maximum absolute atomic E-state index is 5.86. The van der Waals surface area contributed by atoms with Gasteiger partial charge in [0, 0.05) is 9.35 Å². The number of ether oxygens (including phenoxy) is 1. The van der Waals surface area contributed by atoms with Gasteiger partial charge in [0.1, 0.15) is 10.6 Å². The monoisotopic (exact) mass is 350 g/mol. The van der Waals surface area contributed by atoms with Crippen LogP contribution in [0.4, 0.5) is 5.95 Å². The number of benzene rings is 1. The van der Waals surface area contributed by atoms with Crippen LogP contribution < -0.4 is 16.0 Å². The van der Waals surface area contributed by atoms with E-state index in [4.69, 9.17) is 10.6 Å². The average molecular weight is 351 g/mol. The van der Waals surface area contributed by atoms with E-state index in [1.165, 1.54) is 0 Å². The lowest BCUT2D eigenvalue weighted by Crippen LogP contribution is -2.10. The van der Waals surface area contributed by atoms with E-state index in [1.807, 2.05) is 37.3 Å². The fraction of sp³-hybridized carbons (Fsp3) is 0.0769. The molecule has 3 rings (SSSR count). The largest absolute Gasteiger partial charge is 0.438 e. The number of nitrogens with one attached hydrogen (secondary N) is 1. The van der Waals surface area contributed by atoms with Crippen molar-refractivity contribution in [2.24, 2.45) is 5.84 Å². The van der Waals surface area contributed by atoms with Crippen LogP contribution in [-0.2, 0) is 0 Å². The predicted molar refractivity (Wildman–Crippen MR) is 84.2 cm³/mol. The second kappa shape index (κ2) is 5.35. The Balaban J connectivity index is 2.09. The van der Waals surface area contributed by atoms with Crippen LogP contribution in [0.25, 0.3) is 10.2 Å². The molecular weight excluding hydrogens is 340 g/mol. The number of fused-ring (bicyclic) bond motifs is 1. The first-order valence-electron chi connectivity index (χ1n) is 5.84. The SMILES string of the molecule is Cc1cc2c(Oc3cccc(Br)c3)nc(NN)nc2s1. The van der Waals surface area contributed by atoms with E-state index in [9.17, 15) is 0 Å². The molecule has 5 nitrogen and oxygen atoms in total. The van der Waals surface area contributed by atoms with E-state index >= 15 is 0 Å². The van der Waals surface area contributed by atoms with Gasteiger partial charge >= 0.3 is 0 Å². The molecule has 20 heavy (non-hydrogen) atoms. The Bertz CT molecular complexity index is 774. The topological polar surface area (TPSA) is 73.1 Å². The number of anilines is 1. The molecule has 7 heteroatoms. The molecule has 0 aliphatic heterocycles. The van der Waals surface area contributed by atoms with Crippen molar-refractivity contribution < 1.29 is 4.74 Å². The molecule has 0 spiro atoms. The summed E-state index contributed by atoms with van der Waals surface area (Å²) in [6.07, 6.45) is 0. The fourth-order valence-corrected chi connectivity index (χ4v) is 3.05. The number of aromatic nitrogens is 2. The zero-order chi connectivity index (χ0) is 14.1.